The smallest absolute Gasteiger partial charge is 0.248 e. The van der Waals surface area contributed by atoms with E-state index in [1.54, 1.807) is 107 Å². The number of rotatable bonds is 20. The van der Waals surface area contributed by atoms with Gasteiger partial charge in [-0.05, 0) is 121 Å². The highest BCUT2D eigenvalue weighted by Gasteiger charge is 2.43. The molecule has 2 saturated heterocycles. The van der Waals surface area contributed by atoms with Crippen LogP contribution in [0.2, 0.25) is 0 Å². The molecule has 0 unspecified atom stereocenters. The number of carbonyl (C=O) groups is 13. The minimum absolute atomic E-state index is 0.0171. The number of benzene rings is 2. The number of ether oxygens (including phenoxy) is 1. The van der Waals surface area contributed by atoms with Crippen LogP contribution in [0.15, 0.2) is 60.7 Å². The van der Waals surface area contributed by atoms with Gasteiger partial charge in [-0.15, -0.1) is 0 Å². The Morgan fingerprint density at radius 2 is 0.981 bits per heavy atom. The highest BCUT2D eigenvalue weighted by molar-refractivity contribution is 6.00. The molecular formula is C77H123N13O15. The van der Waals surface area contributed by atoms with Crippen molar-refractivity contribution in [3.05, 3.63) is 71.8 Å². The zero-order valence-corrected chi connectivity index (χ0v) is 65.7. The molecule has 0 aromatic heterocycles. The second kappa shape index (κ2) is 42.0. The minimum atomic E-state index is -1.71. The van der Waals surface area contributed by atoms with E-state index in [0.29, 0.717) is 43.5 Å². The van der Waals surface area contributed by atoms with E-state index in [1.165, 1.54) is 58.9 Å². The molecule has 0 aliphatic carbocycles. The van der Waals surface area contributed by atoms with Gasteiger partial charge in [0, 0.05) is 73.3 Å². The van der Waals surface area contributed by atoms with E-state index in [0.717, 1.165) is 26.0 Å². The third-order valence-electron chi connectivity index (χ3n) is 18.9. The molecule has 2 fully saturated rings. The van der Waals surface area contributed by atoms with Crippen molar-refractivity contribution < 1.29 is 72.2 Å². The molecular weight excluding hydrogens is 1350 g/mol. The van der Waals surface area contributed by atoms with Crippen LogP contribution in [0.1, 0.15) is 166 Å². The first-order chi connectivity index (χ1) is 49.2. The molecule has 2 aromatic rings. The van der Waals surface area contributed by atoms with Gasteiger partial charge in [-0.3, -0.25) is 62.3 Å². The summed E-state index contributed by atoms with van der Waals surface area (Å²) in [5, 5.41) is 28.2. The molecule has 2 aliphatic heterocycles. The number of carbonyl (C=O) groups excluding carboxylic acids is 13. The highest BCUT2D eigenvalue weighted by Crippen LogP contribution is 2.23. The van der Waals surface area contributed by atoms with Gasteiger partial charge in [0.05, 0.1) is 25.7 Å². The summed E-state index contributed by atoms with van der Waals surface area (Å²) < 4.78 is 5.89. The van der Waals surface area contributed by atoms with Gasteiger partial charge in [0.2, 0.25) is 76.8 Å². The van der Waals surface area contributed by atoms with Crippen LogP contribution in [-0.2, 0) is 79.9 Å². The summed E-state index contributed by atoms with van der Waals surface area (Å²) in [4.78, 5) is 202. The van der Waals surface area contributed by atoms with Gasteiger partial charge < -0.3 is 76.0 Å². The van der Waals surface area contributed by atoms with Crippen molar-refractivity contribution in [3.8, 4) is 0 Å². The number of piperidine rings is 1. The van der Waals surface area contributed by atoms with Crippen LogP contribution in [0, 0.1) is 23.7 Å². The van der Waals surface area contributed by atoms with Gasteiger partial charge in [0.15, 0.2) is 0 Å². The molecule has 0 bridgehead atoms. The topological polar surface area (TPSA) is 346 Å². The van der Waals surface area contributed by atoms with Crippen molar-refractivity contribution in [2.75, 3.05) is 74.6 Å². The van der Waals surface area contributed by atoms with Crippen LogP contribution >= 0.6 is 0 Å². The molecule has 0 radical (unpaired) electrons. The van der Waals surface area contributed by atoms with E-state index >= 15 is 24.0 Å². The zero-order valence-electron chi connectivity index (χ0n) is 65.7. The molecule has 2 heterocycles. The Balaban J connectivity index is 2.00. The van der Waals surface area contributed by atoms with Crippen molar-refractivity contribution >= 4 is 76.8 Å². The van der Waals surface area contributed by atoms with E-state index in [4.69, 9.17) is 4.74 Å². The molecule has 7 N–H and O–H groups in total. The quantitative estimate of drug-likeness (QED) is 0.100. The Labute approximate surface area is 622 Å². The fraction of sp³-hybridized carbons (Fsp3) is 0.675. The van der Waals surface area contributed by atoms with Crippen LogP contribution in [0.25, 0.3) is 0 Å². The molecule has 11 atom stereocenters. The van der Waals surface area contributed by atoms with Gasteiger partial charge in [0.1, 0.15) is 67.0 Å². The Bertz CT molecular complexity index is 3250. The number of likely N-dealkylation sites (N-methyl/N-ethyl adjacent to an activating group) is 5. The van der Waals surface area contributed by atoms with Gasteiger partial charge in [-0.1, -0.05) is 123 Å². The lowest BCUT2D eigenvalue weighted by atomic mass is 9.97. The summed E-state index contributed by atoms with van der Waals surface area (Å²) in [5.74, 6) is -10.9. The lowest BCUT2D eigenvalue weighted by molar-refractivity contribution is -0.150. The summed E-state index contributed by atoms with van der Waals surface area (Å²) in [6.45, 7) is 23.1. The van der Waals surface area contributed by atoms with E-state index in [-0.39, 0.29) is 68.7 Å². The van der Waals surface area contributed by atoms with Crippen molar-refractivity contribution in [2.24, 2.45) is 23.7 Å². The fourth-order valence-corrected chi connectivity index (χ4v) is 13.0. The Morgan fingerprint density at radius 3 is 1.48 bits per heavy atom. The molecule has 28 heteroatoms. The normalized spacial score (nSPS) is 24.4. The summed E-state index contributed by atoms with van der Waals surface area (Å²) in [5.41, 5.74) is 0.544. The minimum Gasteiger partial charge on any atom is -0.391 e. The average Bonchev–Trinajstić information content (AvgIpc) is 0.825. The van der Waals surface area contributed by atoms with E-state index in [9.17, 15) is 43.5 Å². The molecule has 0 spiro atoms. The average molecular weight is 1470 g/mol. The molecule has 0 saturated carbocycles. The number of aliphatic hydroxyl groups excluding tert-OH is 1. The van der Waals surface area contributed by atoms with Crippen molar-refractivity contribution in [1.29, 1.82) is 0 Å². The van der Waals surface area contributed by atoms with Crippen LogP contribution in [0.3, 0.4) is 0 Å². The Hall–Kier alpha value is -8.53. The second-order valence-electron chi connectivity index (χ2n) is 31.1. The Morgan fingerprint density at radius 1 is 0.533 bits per heavy atom. The lowest BCUT2D eigenvalue weighted by Gasteiger charge is -2.37. The predicted octanol–water partition coefficient (Wildman–Crippen LogP) is 3.20. The summed E-state index contributed by atoms with van der Waals surface area (Å²) in [6.07, 6.45) is 0.143. The maximum absolute atomic E-state index is 15.3. The summed E-state index contributed by atoms with van der Waals surface area (Å²) >= 11 is 0. The van der Waals surface area contributed by atoms with Gasteiger partial charge in [0.25, 0.3) is 0 Å². The number of likely N-dealkylation sites (tertiary alicyclic amines) is 1. The first kappa shape index (κ1) is 88.9. The summed E-state index contributed by atoms with van der Waals surface area (Å²) in [6, 6.07) is 3.30. The van der Waals surface area contributed by atoms with Gasteiger partial charge >= 0.3 is 0 Å². The van der Waals surface area contributed by atoms with Gasteiger partial charge in [-0.25, -0.2) is 0 Å². The zero-order chi connectivity index (χ0) is 78.9. The van der Waals surface area contributed by atoms with Crippen molar-refractivity contribution in [1.82, 2.24) is 66.2 Å². The highest BCUT2D eigenvalue weighted by atomic mass is 16.5. The number of hydrogen-bond acceptors (Lipinski definition) is 15. The Kier molecular flexibility index (Phi) is 35.5. The standard InChI is InChI=1S/C77H123N13O15/c1-20-34-90-44-65(94)85(16)59(39-49(6)7)68(96)80-56(38-48(4)5)72(100)88(19)62(42-54-32-26-22-27-33-54)75(103)84(15)51(10)67(95)79-57(74(102)89-35-28-23-29-36-89)43-63(92)78-55(37-47(2)3)71(99)87(18)61(41-53-30-24-21-25-31-53)69(97)81-58(45-105-46-64(93)83-77(12,13)14)73(101)86(17)60(40-50(8)9)70(98)82-66(52(11)91)76(90)104/h21-22,24-27,30-33,47-52,55-62,66,91H,20,23,28-29,34-46H2,1-19H3,(H,78,92)(H,79,95)(H,80,96)(H,81,97)(H,82,98)(H,83,93)/t51-,52+,55+,56-,57-,58-,59-,60-,61-,62-,66-/m0/s1. The molecule has 28 nitrogen and oxygen atoms in total. The van der Waals surface area contributed by atoms with Gasteiger partial charge in [-0.2, -0.15) is 0 Å². The predicted molar refractivity (Wildman–Crippen MR) is 399 cm³/mol. The largest absolute Gasteiger partial charge is 0.391 e. The number of aliphatic hydroxyl groups is 1. The molecule has 105 heavy (non-hydrogen) atoms. The van der Waals surface area contributed by atoms with E-state index < -0.39 is 175 Å². The first-order valence-electron chi connectivity index (χ1n) is 37.2. The number of hydrogen-bond donors (Lipinski definition) is 7. The maximum atomic E-state index is 15.3. The SMILES string of the molecule is CCCN1CC(=O)N(C)[C@@H](CC(C)C)C(=O)N[C@@H](CC(C)C)C(=O)N(C)[C@@H](Cc2ccccc2)C(=O)N(C)[C@@H](C)C(=O)N[C@H](C(=O)N2CCCCC2)CC(=O)N[C@H](CC(C)C)C(=O)N(C)[C@@H](Cc2ccccc2)C(=O)N[C@@H](COCC(=O)NC(C)(C)C)C(=O)N(C)[C@@H](CC(C)C)C(=O)N[C@@H]([C@@H](C)O)C1=O. The number of nitrogens with one attached hydrogen (secondary N) is 6. The summed E-state index contributed by atoms with van der Waals surface area (Å²) in [7, 11) is 6.88. The first-order valence-corrected chi connectivity index (χ1v) is 37.2. The maximum Gasteiger partial charge on any atom is 0.248 e. The van der Waals surface area contributed by atoms with Crippen molar-refractivity contribution in [3.63, 3.8) is 0 Å². The van der Waals surface area contributed by atoms with Crippen molar-refractivity contribution in [2.45, 2.75) is 240 Å². The monoisotopic (exact) mass is 1470 g/mol. The van der Waals surface area contributed by atoms with E-state index in [2.05, 4.69) is 31.9 Å². The molecule has 586 valence electrons. The van der Waals surface area contributed by atoms with Crippen LogP contribution in [0.5, 0.6) is 0 Å². The fourth-order valence-electron chi connectivity index (χ4n) is 13.0. The van der Waals surface area contributed by atoms with Crippen LogP contribution in [0.4, 0.5) is 0 Å². The molecule has 4 rings (SSSR count). The van der Waals surface area contributed by atoms with E-state index in [1.807, 2.05) is 41.5 Å². The molecule has 2 aliphatic rings. The van der Waals surface area contributed by atoms with Crippen LogP contribution < -0.4 is 31.9 Å². The molecule has 13 amide bonds. The van der Waals surface area contributed by atoms with Crippen LogP contribution in [-0.4, -0.2) is 263 Å². The molecule has 2 aromatic carbocycles. The lowest BCUT2D eigenvalue weighted by Crippen LogP contribution is -2.62. The third-order valence-corrected chi connectivity index (χ3v) is 18.9. The number of nitrogens with zero attached hydrogens (tertiary/aromatic N) is 7. The number of amides is 13. The third kappa shape index (κ3) is 27.7. The second-order valence-corrected chi connectivity index (χ2v) is 31.1.